The fourth-order valence-electron chi connectivity index (χ4n) is 10.5. The number of thiazole rings is 1. The second-order valence-electron chi connectivity index (χ2n) is 21.0. The molecule has 4 aromatic rings. The number of carbonyl (C=O) groups is 4. The molecule has 0 spiro atoms. The number of pyridine rings is 1. The van der Waals surface area contributed by atoms with Gasteiger partial charge in [-0.1, -0.05) is 33.8 Å². The molecule has 0 radical (unpaired) electrons. The molecule has 7 heterocycles. The maximum Gasteiger partial charge on any atom is 0.406 e. The summed E-state index contributed by atoms with van der Waals surface area (Å²) in [6.45, 7) is 8.69. The summed E-state index contributed by atoms with van der Waals surface area (Å²) < 4.78 is 104. The van der Waals surface area contributed by atoms with Crippen molar-refractivity contribution in [3.63, 3.8) is 0 Å². The number of piperazine rings is 1. The van der Waals surface area contributed by atoms with E-state index in [1.165, 1.54) is 37.8 Å². The Morgan fingerprint density at radius 2 is 1.69 bits per heavy atom. The van der Waals surface area contributed by atoms with E-state index in [1.54, 1.807) is 68.6 Å². The molecule has 4 aliphatic heterocycles. The van der Waals surface area contributed by atoms with Gasteiger partial charge in [0.2, 0.25) is 5.91 Å². The van der Waals surface area contributed by atoms with Crippen LogP contribution in [0.4, 0.5) is 36.8 Å². The van der Waals surface area contributed by atoms with Gasteiger partial charge in [0.25, 0.3) is 5.91 Å². The molecule has 4 amide bonds. The number of rotatable bonds is 10. The summed E-state index contributed by atoms with van der Waals surface area (Å²) in [6.07, 6.45) is -7.48. The van der Waals surface area contributed by atoms with Crippen LogP contribution in [0.15, 0.2) is 35.8 Å². The molecule has 17 nitrogen and oxygen atoms in total. The predicted octanol–water partition coefficient (Wildman–Crippen LogP) is 6.84. The third-order valence-corrected chi connectivity index (χ3v) is 15.2. The van der Waals surface area contributed by atoms with E-state index in [1.807, 2.05) is 18.7 Å². The summed E-state index contributed by atoms with van der Waals surface area (Å²) in [5, 5.41) is 6.94. The average molecular weight is 1080 g/mol. The maximum absolute atomic E-state index is 15.0. The molecular weight excluding hydrogens is 1010 g/mol. The Kier molecular flexibility index (Phi) is 16.8. The highest BCUT2D eigenvalue weighted by Gasteiger charge is 2.40. The van der Waals surface area contributed by atoms with Crippen LogP contribution in [0.3, 0.4) is 0 Å². The van der Waals surface area contributed by atoms with Gasteiger partial charge in [0, 0.05) is 99.2 Å². The monoisotopic (exact) mass is 1080 g/mol. The Hall–Kier alpha value is -5.56. The molecule has 3 aromatic heterocycles. The number of nitrogens with zero attached hydrogens (tertiary/aromatic N) is 8. The van der Waals surface area contributed by atoms with Crippen LogP contribution in [0.2, 0.25) is 0 Å². The lowest BCUT2D eigenvalue weighted by Gasteiger charge is -2.38. The molecule has 410 valence electrons. The molecule has 3 saturated heterocycles. The lowest BCUT2D eigenvalue weighted by Crippen LogP contribution is -2.62. The number of carbonyl (C=O) groups excluding carboxylic acids is 4. The fraction of sp³-hybridized carbons (Fsp3) is 0.608. The van der Waals surface area contributed by atoms with Gasteiger partial charge in [0.1, 0.15) is 24.7 Å². The highest BCUT2D eigenvalue weighted by Crippen LogP contribution is 2.44. The Balaban J connectivity index is 1.23. The Morgan fingerprint density at radius 1 is 0.987 bits per heavy atom. The van der Waals surface area contributed by atoms with Crippen LogP contribution in [0, 0.1) is 11.3 Å². The van der Waals surface area contributed by atoms with Crippen LogP contribution in [-0.4, -0.2) is 175 Å². The van der Waals surface area contributed by atoms with Crippen molar-refractivity contribution in [2.45, 2.75) is 103 Å². The smallest absolute Gasteiger partial charge is 0.406 e. The van der Waals surface area contributed by atoms with Crippen molar-refractivity contribution in [3.05, 3.63) is 52.1 Å². The number of cyclic esters (lactones) is 1. The largest absolute Gasteiger partial charge is 0.464 e. The van der Waals surface area contributed by atoms with Crippen molar-refractivity contribution in [3.8, 4) is 22.5 Å². The van der Waals surface area contributed by atoms with Crippen molar-refractivity contribution < 1.29 is 59.7 Å². The molecule has 0 aliphatic carbocycles. The number of halogens is 6. The highest BCUT2D eigenvalue weighted by molar-refractivity contribution is 7.10. The minimum Gasteiger partial charge on any atom is -0.464 e. The van der Waals surface area contributed by atoms with Gasteiger partial charge < -0.3 is 38.8 Å². The molecule has 2 N–H and O–H groups in total. The number of nitrogens with one attached hydrogen (secondary N) is 2. The fourth-order valence-corrected chi connectivity index (χ4v) is 11.3. The molecule has 4 aliphatic rings. The topological polar surface area (TPSA) is 167 Å². The first-order valence-corrected chi connectivity index (χ1v) is 26.2. The van der Waals surface area contributed by atoms with Crippen LogP contribution in [0.25, 0.3) is 33.4 Å². The molecule has 24 heteroatoms. The number of alkyl halides is 6. The zero-order valence-electron chi connectivity index (χ0n) is 43.3. The van der Waals surface area contributed by atoms with Gasteiger partial charge in [-0.25, -0.2) is 15.2 Å². The van der Waals surface area contributed by atoms with E-state index < -0.39 is 72.9 Å². The van der Waals surface area contributed by atoms with Crippen molar-refractivity contribution in [2.75, 3.05) is 91.2 Å². The normalized spacial score (nSPS) is 21.2. The van der Waals surface area contributed by atoms with Gasteiger partial charge in [0.05, 0.1) is 66.4 Å². The van der Waals surface area contributed by atoms with E-state index in [2.05, 4.69) is 10.7 Å². The van der Waals surface area contributed by atoms with Crippen LogP contribution < -0.4 is 15.6 Å². The summed E-state index contributed by atoms with van der Waals surface area (Å²) in [4.78, 5) is 72.6. The SMILES string of the molecule is CO[C@@H](C)c1ncc(N2CCN(CC(F)(F)F)CC2)cc1-c1c2c3cc(ccc3n1CC(F)(F)F)-c1csc(n1)C[C@H](NC(=O)[C@H](C(C)C)N(C)C(=O)N1CCOCC1)C(=O)N1CCC[C@H](N1)C(=O)OCC(C)(C)C2. The number of morpholine rings is 1. The zero-order valence-corrected chi connectivity index (χ0v) is 44.1. The standard InChI is InChI=1S/C51H66F6N10O7S/c1-30(2)43(62(6)48(71)65-17-19-73-20-18-65)45(68)60-38-23-41-59-39(26-75-41)32-10-11-40-34(21-32)36(24-49(4,5)29-74-47(70)37-9-8-12-67(61-37)46(38)69)44(66(40)28-51(55,56)57)35-22-33(25-58-42(35)31(3)72-7)64-15-13-63(14-16-64)27-50(52,53)54/h10-11,21-22,25-26,30-31,37-38,43,61H,8-9,12-20,23-24,27-29H2,1-7H3,(H,60,68)/t31-,37-,38-,43-/m0/s1. The Bertz CT molecular complexity index is 2720. The van der Waals surface area contributed by atoms with E-state index in [4.69, 9.17) is 24.2 Å². The van der Waals surface area contributed by atoms with Gasteiger partial charge in [-0.2, -0.15) is 26.3 Å². The first kappa shape index (κ1) is 55.7. The van der Waals surface area contributed by atoms with Crippen LogP contribution in [-0.2, 0) is 48.0 Å². The van der Waals surface area contributed by atoms with Crippen molar-refractivity contribution in [1.29, 1.82) is 0 Å². The Morgan fingerprint density at radius 3 is 2.36 bits per heavy atom. The molecule has 6 bridgehead atoms. The summed E-state index contributed by atoms with van der Waals surface area (Å²) in [5.74, 6) is -2.11. The van der Waals surface area contributed by atoms with Crippen molar-refractivity contribution >= 4 is 51.7 Å². The highest BCUT2D eigenvalue weighted by atomic mass is 32.1. The number of esters is 1. The van der Waals surface area contributed by atoms with Gasteiger partial charge in [0.15, 0.2) is 0 Å². The predicted molar refractivity (Wildman–Crippen MR) is 269 cm³/mol. The van der Waals surface area contributed by atoms with E-state index in [0.29, 0.717) is 83.3 Å². The molecule has 0 unspecified atom stereocenters. The molecule has 1 aromatic carbocycles. The number of fused-ring (bicyclic) bond motifs is 6. The third kappa shape index (κ3) is 13.0. The summed E-state index contributed by atoms with van der Waals surface area (Å²) in [5.41, 5.74) is 5.28. The average Bonchev–Trinajstić information content (AvgIpc) is 3.95. The van der Waals surface area contributed by atoms with E-state index >= 15 is 13.2 Å². The van der Waals surface area contributed by atoms with E-state index in [0.717, 1.165) is 0 Å². The first-order valence-electron chi connectivity index (χ1n) is 25.3. The maximum atomic E-state index is 15.0. The minimum atomic E-state index is -4.71. The summed E-state index contributed by atoms with van der Waals surface area (Å²) in [7, 11) is 3.01. The number of anilines is 1. The lowest BCUT2D eigenvalue weighted by molar-refractivity contribution is -0.155. The second-order valence-corrected chi connectivity index (χ2v) is 21.9. The second kappa shape index (κ2) is 22.6. The molecular formula is C51H66F6N10O7S. The van der Waals surface area contributed by atoms with Gasteiger partial charge >= 0.3 is 24.4 Å². The van der Waals surface area contributed by atoms with E-state index in [-0.39, 0.29) is 75.3 Å². The number of likely N-dealkylation sites (N-methyl/N-ethyl adjacent to an activating group) is 1. The van der Waals surface area contributed by atoms with Crippen LogP contribution in [0.5, 0.6) is 0 Å². The zero-order chi connectivity index (χ0) is 54.1. The molecule has 75 heavy (non-hydrogen) atoms. The van der Waals surface area contributed by atoms with Crippen LogP contribution in [0.1, 0.15) is 69.8 Å². The first-order chi connectivity index (χ1) is 35.4. The number of aromatic nitrogens is 3. The van der Waals surface area contributed by atoms with Crippen LogP contribution >= 0.6 is 11.3 Å². The minimum absolute atomic E-state index is 0.0799. The van der Waals surface area contributed by atoms with Crippen molar-refractivity contribution in [1.82, 2.24) is 45.0 Å². The number of hydrogen-bond donors (Lipinski definition) is 2. The molecule has 4 atom stereocenters. The van der Waals surface area contributed by atoms with E-state index in [9.17, 15) is 32.3 Å². The molecule has 8 rings (SSSR count). The number of hydrazine groups is 1. The number of urea groups is 1. The number of methoxy groups -OCH3 is 1. The third-order valence-electron chi connectivity index (χ3n) is 14.3. The summed E-state index contributed by atoms with van der Waals surface area (Å²) in [6, 6.07) is 3.30. The quantitative estimate of drug-likeness (QED) is 0.126. The van der Waals surface area contributed by atoms with Gasteiger partial charge in [-0.05, 0) is 55.9 Å². The van der Waals surface area contributed by atoms with Gasteiger partial charge in [-0.15, -0.1) is 11.3 Å². The number of hydrogen-bond acceptors (Lipinski definition) is 13. The number of benzene rings is 1. The summed E-state index contributed by atoms with van der Waals surface area (Å²) >= 11 is 1.23. The molecule has 0 saturated carbocycles. The molecule has 3 fully saturated rings. The number of ether oxygens (including phenoxy) is 3. The Labute approximate surface area is 435 Å². The number of amides is 4. The van der Waals surface area contributed by atoms with Crippen molar-refractivity contribution in [2.24, 2.45) is 11.3 Å². The lowest BCUT2D eigenvalue weighted by atomic mass is 9.84. The van der Waals surface area contributed by atoms with Gasteiger partial charge in [-0.3, -0.25) is 29.3 Å².